The number of halogens is 1. The second-order valence-electron chi connectivity index (χ2n) is 5.31. The molecule has 0 radical (unpaired) electrons. The van der Waals surface area contributed by atoms with Crippen LogP contribution in [0.2, 0.25) is 0 Å². The summed E-state index contributed by atoms with van der Waals surface area (Å²) in [7, 11) is 3.98. The number of amides is 1. The van der Waals surface area contributed by atoms with Crippen molar-refractivity contribution in [1.82, 2.24) is 5.43 Å². The van der Waals surface area contributed by atoms with Crippen LogP contribution in [0.3, 0.4) is 0 Å². The molecule has 0 aliphatic heterocycles. The minimum absolute atomic E-state index is 0.0846. The first-order valence-electron chi connectivity index (χ1n) is 7.53. The maximum Gasteiger partial charge on any atom is 0.240 e. The molecule has 0 bridgehead atoms. The van der Waals surface area contributed by atoms with Crippen molar-refractivity contribution in [2.75, 3.05) is 24.7 Å². The van der Waals surface area contributed by atoms with Gasteiger partial charge in [-0.15, -0.1) is 11.8 Å². The largest absolute Gasteiger partial charge is 0.377 e. The van der Waals surface area contributed by atoms with Crippen molar-refractivity contribution in [1.29, 1.82) is 0 Å². The Morgan fingerprint density at radius 1 is 1.25 bits per heavy atom. The number of hydrogen-bond donors (Lipinski definition) is 1. The third-order valence-electron chi connectivity index (χ3n) is 3.20. The zero-order chi connectivity index (χ0) is 17.4. The molecule has 126 valence electrons. The smallest absolute Gasteiger partial charge is 0.240 e. The number of hydrogen-bond acceptors (Lipinski definition) is 4. The maximum atomic E-state index is 11.8. The van der Waals surface area contributed by atoms with Gasteiger partial charge in [0, 0.05) is 35.6 Å². The summed E-state index contributed by atoms with van der Waals surface area (Å²) in [6, 6.07) is 16.0. The highest BCUT2D eigenvalue weighted by molar-refractivity contribution is 9.10. The SMILES string of the molecule is CN(C)c1ccc(C=NNC(=O)CCSc2ccccc2)cc1Br. The molecule has 0 saturated heterocycles. The van der Waals surface area contributed by atoms with Gasteiger partial charge in [-0.1, -0.05) is 24.3 Å². The van der Waals surface area contributed by atoms with Crippen LogP contribution in [-0.4, -0.2) is 32.0 Å². The first-order chi connectivity index (χ1) is 11.6. The Kier molecular flexibility index (Phi) is 7.34. The maximum absolute atomic E-state index is 11.8. The lowest BCUT2D eigenvalue weighted by atomic mass is 10.2. The lowest BCUT2D eigenvalue weighted by molar-refractivity contribution is -0.120. The van der Waals surface area contributed by atoms with Gasteiger partial charge in [-0.3, -0.25) is 4.79 Å². The first kappa shape index (κ1) is 18.5. The predicted molar refractivity (Wildman–Crippen MR) is 106 cm³/mol. The molecule has 4 nitrogen and oxygen atoms in total. The van der Waals surface area contributed by atoms with Gasteiger partial charge in [0.05, 0.1) is 11.9 Å². The topological polar surface area (TPSA) is 44.7 Å². The molecule has 0 aromatic heterocycles. The Morgan fingerprint density at radius 3 is 2.67 bits per heavy atom. The van der Waals surface area contributed by atoms with Crippen LogP contribution in [0.5, 0.6) is 0 Å². The number of carbonyl (C=O) groups is 1. The Labute approximate surface area is 155 Å². The van der Waals surface area contributed by atoms with E-state index in [0.29, 0.717) is 6.42 Å². The molecule has 0 aliphatic carbocycles. The molecule has 1 N–H and O–H groups in total. The van der Waals surface area contributed by atoms with Crippen molar-refractivity contribution in [2.45, 2.75) is 11.3 Å². The molecule has 0 unspecified atom stereocenters. The van der Waals surface area contributed by atoms with Gasteiger partial charge in [0.1, 0.15) is 0 Å². The van der Waals surface area contributed by atoms with E-state index in [1.165, 1.54) is 4.90 Å². The number of nitrogens with one attached hydrogen (secondary N) is 1. The van der Waals surface area contributed by atoms with Crippen molar-refractivity contribution >= 4 is 45.5 Å². The second kappa shape index (κ2) is 9.49. The molecule has 2 aromatic rings. The number of thioether (sulfide) groups is 1. The van der Waals surface area contributed by atoms with Gasteiger partial charge in [-0.25, -0.2) is 5.43 Å². The normalized spacial score (nSPS) is 10.8. The fourth-order valence-corrected chi connectivity index (χ4v) is 3.60. The van der Waals surface area contributed by atoms with E-state index in [1.807, 2.05) is 67.5 Å². The summed E-state index contributed by atoms with van der Waals surface area (Å²) >= 11 is 5.19. The zero-order valence-electron chi connectivity index (χ0n) is 13.7. The fourth-order valence-electron chi connectivity index (χ4n) is 1.98. The van der Waals surface area contributed by atoms with E-state index < -0.39 is 0 Å². The number of rotatable bonds is 7. The van der Waals surface area contributed by atoms with Crippen LogP contribution in [0.4, 0.5) is 5.69 Å². The number of anilines is 1. The van der Waals surface area contributed by atoms with Crippen LogP contribution < -0.4 is 10.3 Å². The molecular weight excluding hydrogens is 386 g/mol. The summed E-state index contributed by atoms with van der Waals surface area (Å²) in [4.78, 5) is 15.0. The highest BCUT2D eigenvalue weighted by Gasteiger charge is 2.03. The summed E-state index contributed by atoms with van der Waals surface area (Å²) in [5, 5.41) is 4.01. The van der Waals surface area contributed by atoms with E-state index in [1.54, 1.807) is 18.0 Å². The molecule has 24 heavy (non-hydrogen) atoms. The minimum atomic E-state index is -0.0846. The molecule has 2 rings (SSSR count). The third kappa shape index (κ3) is 6.02. The quantitative estimate of drug-likeness (QED) is 0.427. The Morgan fingerprint density at radius 2 is 2.00 bits per heavy atom. The minimum Gasteiger partial charge on any atom is -0.377 e. The highest BCUT2D eigenvalue weighted by atomic mass is 79.9. The molecule has 0 atom stereocenters. The van der Waals surface area contributed by atoms with Crippen molar-refractivity contribution in [3.8, 4) is 0 Å². The van der Waals surface area contributed by atoms with Crippen LogP contribution in [0.15, 0.2) is 63.0 Å². The number of benzene rings is 2. The lowest BCUT2D eigenvalue weighted by Crippen LogP contribution is -2.17. The highest BCUT2D eigenvalue weighted by Crippen LogP contribution is 2.25. The van der Waals surface area contributed by atoms with Crippen LogP contribution in [-0.2, 0) is 4.79 Å². The molecule has 6 heteroatoms. The Bertz CT molecular complexity index is 705. The van der Waals surface area contributed by atoms with Gasteiger partial charge >= 0.3 is 0 Å². The summed E-state index contributed by atoms with van der Waals surface area (Å²) in [5.41, 5.74) is 4.58. The third-order valence-corrected chi connectivity index (χ3v) is 4.85. The van der Waals surface area contributed by atoms with Gasteiger partial charge < -0.3 is 4.90 Å². The van der Waals surface area contributed by atoms with Crippen LogP contribution in [0, 0.1) is 0 Å². The fraction of sp³-hybridized carbons (Fsp3) is 0.222. The van der Waals surface area contributed by atoms with Gasteiger partial charge in [0.15, 0.2) is 0 Å². The second-order valence-corrected chi connectivity index (χ2v) is 7.33. The van der Waals surface area contributed by atoms with Gasteiger partial charge in [-0.05, 0) is 45.8 Å². The molecule has 0 saturated carbocycles. The average molecular weight is 406 g/mol. The van der Waals surface area contributed by atoms with Crippen molar-refractivity contribution in [3.63, 3.8) is 0 Å². The Balaban J connectivity index is 1.77. The van der Waals surface area contributed by atoms with Gasteiger partial charge in [0.25, 0.3) is 0 Å². The lowest BCUT2D eigenvalue weighted by Gasteiger charge is -2.14. The number of carbonyl (C=O) groups excluding carboxylic acids is 1. The molecule has 0 spiro atoms. The summed E-state index contributed by atoms with van der Waals surface area (Å²) in [6.07, 6.45) is 2.08. The van der Waals surface area contributed by atoms with E-state index in [2.05, 4.69) is 26.5 Å². The Hall–Kier alpha value is -1.79. The molecule has 0 fully saturated rings. The number of nitrogens with zero attached hydrogens (tertiary/aromatic N) is 2. The summed E-state index contributed by atoms with van der Waals surface area (Å²) in [6.45, 7) is 0. The van der Waals surface area contributed by atoms with Crippen LogP contribution >= 0.6 is 27.7 Å². The van der Waals surface area contributed by atoms with Crippen molar-refractivity contribution in [2.24, 2.45) is 5.10 Å². The monoisotopic (exact) mass is 405 g/mol. The summed E-state index contributed by atoms with van der Waals surface area (Å²) < 4.78 is 0.988. The van der Waals surface area contributed by atoms with Gasteiger partial charge in [-0.2, -0.15) is 5.10 Å². The van der Waals surface area contributed by atoms with E-state index in [4.69, 9.17) is 0 Å². The molecule has 0 aliphatic rings. The molecule has 1 amide bonds. The molecule has 0 heterocycles. The van der Waals surface area contributed by atoms with Crippen LogP contribution in [0.1, 0.15) is 12.0 Å². The first-order valence-corrected chi connectivity index (χ1v) is 9.31. The van der Waals surface area contributed by atoms with E-state index in [9.17, 15) is 4.79 Å². The summed E-state index contributed by atoms with van der Waals surface area (Å²) in [5.74, 6) is 0.646. The molecular formula is C18H20BrN3OS. The van der Waals surface area contributed by atoms with Gasteiger partial charge in [0.2, 0.25) is 5.91 Å². The zero-order valence-corrected chi connectivity index (χ0v) is 16.1. The van der Waals surface area contributed by atoms with Crippen molar-refractivity contribution in [3.05, 3.63) is 58.6 Å². The standard InChI is InChI=1S/C18H20BrN3OS/c1-22(2)17-9-8-14(12-16(17)19)13-20-21-18(23)10-11-24-15-6-4-3-5-7-15/h3-9,12-13H,10-11H2,1-2H3,(H,21,23). The van der Waals surface area contributed by atoms with Crippen molar-refractivity contribution < 1.29 is 4.79 Å². The van der Waals surface area contributed by atoms with E-state index in [0.717, 1.165) is 21.5 Å². The molecule has 2 aromatic carbocycles. The number of hydrazone groups is 1. The predicted octanol–water partition coefficient (Wildman–Crippen LogP) is 4.15. The van der Waals surface area contributed by atoms with Crippen LogP contribution in [0.25, 0.3) is 0 Å². The van der Waals surface area contributed by atoms with E-state index in [-0.39, 0.29) is 5.91 Å². The van der Waals surface area contributed by atoms with E-state index >= 15 is 0 Å². The average Bonchev–Trinajstić information content (AvgIpc) is 2.55.